The van der Waals surface area contributed by atoms with Gasteiger partial charge in [-0.25, -0.2) is 0 Å². The van der Waals surface area contributed by atoms with E-state index in [9.17, 15) is 0 Å². The summed E-state index contributed by atoms with van der Waals surface area (Å²) in [5.41, 5.74) is 4.92. The van der Waals surface area contributed by atoms with E-state index in [1.54, 1.807) is 0 Å². The maximum atomic E-state index is 3.70. The average molecular weight is 637 g/mol. The molecule has 2 rings (SSSR count). The number of benzene rings is 2. The fraction of sp³-hybridized carbons (Fsp3) is 0.714. The first kappa shape index (κ1) is 41.7. The third-order valence-electron chi connectivity index (χ3n) is 9.44. The zero-order valence-electron chi connectivity index (χ0n) is 32.3. The van der Waals surface area contributed by atoms with Gasteiger partial charge in [-0.1, -0.05) is 82.1 Å². The van der Waals surface area contributed by atoms with Gasteiger partial charge in [0.05, 0.1) is 0 Å². The molecule has 0 aliphatic heterocycles. The van der Waals surface area contributed by atoms with E-state index in [1.165, 1.54) is 87.0 Å². The van der Waals surface area contributed by atoms with Gasteiger partial charge in [-0.15, -0.1) is 0 Å². The highest BCUT2D eigenvalue weighted by Crippen LogP contribution is 2.22. The molecule has 0 fully saturated rings. The number of nitrogens with one attached hydrogen (secondary N) is 4. The lowest BCUT2D eigenvalue weighted by molar-refractivity contribution is 0.461. The van der Waals surface area contributed by atoms with Crippen molar-refractivity contribution in [3.05, 3.63) is 48.5 Å². The standard InChI is InChI=1S/C22H40N2.C20H36N2/c1-7-17(5)15-19(9-3)23-21-11-13-22(14-12-21)24-20(10-4)16-18(6)8-2;1-15(2)7-9-17(5)21-19-11-13-20(14-12-19)22-18(6)10-8-16(3)4/h11-14,17-20,23-24H,7-10,15-16H2,1-6H3;11-18,21-22H,7-10H2,1-6H3. The van der Waals surface area contributed by atoms with E-state index in [0.717, 1.165) is 23.7 Å². The molecular formula is C42H76N4. The van der Waals surface area contributed by atoms with Crippen molar-refractivity contribution in [2.45, 2.75) is 171 Å². The van der Waals surface area contributed by atoms with Crippen molar-refractivity contribution in [2.24, 2.45) is 23.7 Å². The van der Waals surface area contributed by atoms with Gasteiger partial charge >= 0.3 is 0 Å². The summed E-state index contributed by atoms with van der Waals surface area (Å²) in [5.74, 6) is 3.13. The molecule has 6 unspecified atom stereocenters. The molecule has 0 radical (unpaired) electrons. The highest BCUT2D eigenvalue weighted by atomic mass is 14.9. The van der Waals surface area contributed by atoms with Crippen LogP contribution in [0.2, 0.25) is 0 Å². The molecule has 4 nitrogen and oxygen atoms in total. The second kappa shape index (κ2) is 23.9. The Morgan fingerprint density at radius 3 is 0.913 bits per heavy atom. The van der Waals surface area contributed by atoms with Crippen LogP contribution in [-0.2, 0) is 0 Å². The van der Waals surface area contributed by atoms with Crippen LogP contribution in [0.4, 0.5) is 22.7 Å². The van der Waals surface area contributed by atoms with Crippen molar-refractivity contribution in [3.8, 4) is 0 Å². The van der Waals surface area contributed by atoms with Gasteiger partial charge in [0.2, 0.25) is 0 Å². The molecule has 0 aliphatic carbocycles. The molecule has 0 bridgehead atoms. The normalized spacial score (nSPS) is 15.3. The Balaban J connectivity index is 0.000000462. The molecule has 4 heteroatoms. The van der Waals surface area contributed by atoms with E-state index in [2.05, 4.69) is 153 Å². The lowest BCUT2D eigenvalue weighted by Crippen LogP contribution is -2.22. The molecule has 0 saturated carbocycles. The third kappa shape index (κ3) is 19.3. The minimum absolute atomic E-state index is 0.533. The highest BCUT2D eigenvalue weighted by Gasteiger charge is 2.12. The van der Waals surface area contributed by atoms with Crippen LogP contribution >= 0.6 is 0 Å². The summed E-state index contributed by atoms with van der Waals surface area (Å²) in [7, 11) is 0. The molecular weight excluding hydrogens is 560 g/mol. The van der Waals surface area contributed by atoms with E-state index >= 15 is 0 Å². The Morgan fingerprint density at radius 2 is 0.674 bits per heavy atom. The van der Waals surface area contributed by atoms with Crippen LogP contribution in [0.1, 0.15) is 147 Å². The molecule has 0 saturated heterocycles. The summed E-state index contributed by atoms with van der Waals surface area (Å²) in [6.45, 7) is 27.5. The second-order valence-corrected chi connectivity index (χ2v) is 15.2. The first-order valence-corrected chi connectivity index (χ1v) is 19.1. The summed E-state index contributed by atoms with van der Waals surface area (Å²) in [4.78, 5) is 0. The van der Waals surface area contributed by atoms with E-state index in [1.807, 2.05) is 0 Å². The van der Waals surface area contributed by atoms with Gasteiger partial charge in [0.15, 0.2) is 0 Å². The molecule has 264 valence electrons. The Labute approximate surface area is 287 Å². The van der Waals surface area contributed by atoms with Crippen molar-refractivity contribution < 1.29 is 0 Å². The van der Waals surface area contributed by atoms with Crippen LogP contribution in [-0.4, -0.2) is 24.2 Å². The van der Waals surface area contributed by atoms with Crippen LogP contribution in [0.5, 0.6) is 0 Å². The van der Waals surface area contributed by atoms with E-state index < -0.39 is 0 Å². The third-order valence-corrected chi connectivity index (χ3v) is 9.44. The molecule has 0 aliphatic rings. The van der Waals surface area contributed by atoms with Crippen molar-refractivity contribution in [1.82, 2.24) is 0 Å². The molecule has 4 N–H and O–H groups in total. The Bertz CT molecular complexity index is 904. The largest absolute Gasteiger partial charge is 0.383 e. The number of rotatable bonds is 22. The van der Waals surface area contributed by atoms with Gasteiger partial charge in [-0.2, -0.15) is 0 Å². The number of hydrogen-bond donors (Lipinski definition) is 4. The fourth-order valence-electron chi connectivity index (χ4n) is 5.64. The van der Waals surface area contributed by atoms with Gasteiger partial charge in [-0.3, -0.25) is 0 Å². The molecule has 2 aromatic carbocycles. The monoisotopic (exact) mass is 637 g/mol. The summed E-state index contributed by atoms with van der Waals surface area (Å²) in [6, 6.07) is 19.8. The summed E-state index contributed by atoms with van der Waals surface area (Å²) >= 11 is 0. The zero-order valence-corrected chi connectivity index (χ0v) is 32.3. The lowest BCUT2D eigenvalue weighted by Gasteiger charge is -2.23. The van der Waals surface area contributed by atoms with Crippen LogP contribution in [0, 0.1) is 23.7 Å². The Morgan fingerprint density at radius 1 is 0.391 bits per heavy atom. The lowest BCUT2D eigenvalue weighted by atomic mass is 9.97. The van der Waals surface area contributed by atoms with E-state index in [4.69, 9.17) is 0 Å². The minimum atomic E-state index is 0.533. The zero-order chi connectivity index (χ0) is 34.5. The van der Waals surface area contributed by atoms with Gasteiger partial charge in [0.25, 0.3) is 0 Å². The highest BCUT2D eigenvalue weighted by molar-refractivity contribution is 5.55. The maximum Gasteiger partial charge on any atom is 0.0343 e. The summed E-state index contributed by atoms with van der Waals surface area (Å²) < 4.78 is 0. The minimum Gasteiger partial charge on any atom is -0.383 e. The van der Waals surface area contributed by atoms with Gasteiger partial charge in [0.1, 0.15) is 0 Å². The van der Waals surface area contributed by atoms with Gasteiger partial charge < -0.3 is 21.3 Å². The van der Waals surface area contributed by atoms with Crippen molar-refractivity contribution in [3.63, 3.8) is 0 Å². The summed E-state index contributed by atoms with van der Waals surface area (Å²) in [5, 5.41) is 14.6. The predicted octanol–water partition coefficient (Wildman–Crippen LogP) is 13.1. The number of anilines is 4. The van der Waals surface area contributed by atoms with Crippen LogP contribution in [0.25, 0.3) is 0 Å². The second-order valence-electron chi connectivity index (χ2n) is 15.2. The molecule has 2 aromatic rings. The van der Waals surface area contributed by atoms with Crippen molar-refractivity contribution in [2.75, 3.05) is 21.3 Å². The summed E-state index contributed by atoms with van der Waals surface area (Å²) in [6.07, 6.45) is 12.4. The molecule has 0 heterocycles. The first-order valence-electron chi connectivity index (χ1n) is 19.1. The Kier molecular flexibility index (Phi) is 21.6. The maximum absolute atomic E-state index is 3.70. The fourth-order valence-corrected chi connectivity index (χ4v) is 5.64. The van der Waals surface area contributed by atoms with Crippen LogP contribution in [0.3, 0.4) is 0 Å². The van der Waals surface area contributed by atoms with Crippen LogP contribution < -0.4 is 21.3 Å². The smallest absolute Gasteiger partial charge is 0.0343 e. The molecule has 0 amide bonds. The molecule has 46 heavy (non-hydrogen) atoms. The van der Waals surface area contributed by atoms with Crippen molar-refractivity contribution in [1.29, 1.82) is 0 Å². The molecule has 0 spiro atoms. The van der Waals surface area contributed by atoms with E-state index in [-0.39, 0.29) is 0 Å². The topological polar surface area (TPSA) is 48.1 Å². The molecule has 0 aromatic heterocycles. The Hall–Kier alpha value is -2.36. The molecule has 6 atom stereocenters. The van der Waals surface area contributed by atoms with E-state index in [0.29, 0.717) is 24.2 Å². The predicted molar refractivity (Wildman–Crippen MR) is 211 cm³/mol. The van der Waals surface area contributed by atoms with Gasteiger partial charge in [0, 0.05) is 46.9 Å². The van der Waals surface area contributed by atoms with Crippen LogP contribution in [0.15, 0.2) is 48.5 Å². The average Bonchev–Trinajstić information content (AvgIpc) is 3.04. The first-order chi connectivity index (χ1) is 21.9. The quantitative estimate of drug-likeness (QED) is 0.104. The SMILES string of the molecule is CC(C)CCC(C)Nc1ccc(NC(C)CCC(C)C)cc1.CCC(C)CC(CC)Nc1ccc(NC(CC)CC(C)CC)cc1. The van der Waals surface area contributed by atoms with Crippen molar-refractivity contribution >= 4 is 22.7 Å². The number of hydrogen-bond acceptors (Lipinski definition) is 4. The van der Waals surface area contributed by atoms with Gasteiger partial charge in [-0.05, 0) is 137 Å².